The molecule has 4 rings (SSSR count). The minimum Gasteiger partial charge on any atom is -0.486 e. The number of nitrogens with zero attached hydrogens (tertiary/aromatic N) is 1. The molecule has 0 unspecified atom stereocenters. The summed E-state index contributed by atoms with van der Waals surface area (Å²) in [7, 11) is -3.49. The zero-order valence-electron chi connectivity index (χ0n) is 19.4. The van der Waals surface area contributed by atoms with E-state index in [0.29, 0.717) is 35.9 Å². The molecule has 178 valence electrons. The van der Waals surface area contributed by atoms with Gasteiger partial charge in [-0.2, -0.15) is 0 Å². The van der Waals surface area contributed by atoms with Gasteiger partial charge >= 0.3 is 0 Å². The lowest BCUT2D eigenvalue weighted by Gasteiger charge is -2.26. The number of carbonyl (C=O) groups excluding carboxylic acids is 1. The van der Waals surface area contributed by atoms with Crippen LogP contribution in [-0.2, 0) is 16.6 Å². The van der Waals surface area contributed by atoms with Gasteiger partial charge in [-0.3, -0.25) is 9.10 Å². The van der Waals surface area contributed by atoms with Crippen LogP contribution in [0.2, 0.25) is 0 Å². The Labute approximate surface area is 200 Å². The van der Waals surface area contributed by atoms with E-state index in [0.717, 1.165) is 16.7 Å². The van der Waals surface area contributed by atoms with Crippen LogP contribution in [-0.4, -0.2) is 39.8 Å². The molecule has 0 fully saturated rings. The lowest BCUT2D eigenvalue weighted by molar-refractivity contribution is 0.0789. The average molecular weight is 481 g/mol. The number of hydrogen-bond donors (Lipinski definition) is 1. The van der Waals surface area contributed by atoms with Gasteiger partial charge in [-0.25, -0.2) is 8.42 Å². The Bertz CT molecular complexity index is 1270. The summed E-state index contributed by atoms with van der Waals surface area (Å²) in [5.41, 5.74) is 3.87. The number of hydrogen-bond acceptors (Lipinski definition) is 5. The molecule has 1 heterocycles. The number of fused-ring (bicyclic) bond motifs is 1. The van der Waals surface area contributed by atoms with Crippen molar-refractivity contribution in [3.63, 3.8) is 0 Å². The summed E-state index contributed by atoms with van der Waals surface area (Å²) in [5.74, 6) is 1.13. The lowest BCUT2D eigenvalue weighted by atomic mass is 10.1. The number of nitrogens with one attached hydrogen (secondary N) is 1. The molecule has 3 aromatic rings. The highest BCUT2D eigenvalue weighted by Gasteiger charge is 2.22. The number of para-hydroxylation sites is 2. The third-order valence-corrected chi connectivity index (χ3v) is 6.64. The van der Waals surface area contributed by atoms with Crippen LogP contribution in [0.15, 0.2) is 66.7 Å². The van der Waals surface area contributed by atoms with E-state index in [4.69, 9.17) is 9.47 Å². The fourth-order valence-electron chi connectivity index (χ4n) is 3.89. The van der Waals surface area contributed by atoms with Gasteiger partial charge in [0.25, 0.3) is 5.91 Å². The van der Waals surface area contributed by atoms with E-state index in [9.17, 15) is 13.2 Å². The summed E-state index contributed by atoms with van der Waals surface area (Å²) in [6.07, 6.45) is 0.918. The van der Waals surface area contributed by atoms with E-state index < -0.39 is 10.0 Å². The second kappa shape index (κ2) is 9.77. The van der Waals surface area contributed by atoms with Crippen molar-refractivity contribution in [2.75, 3.05) is 23.7 Å². The molecule has 1 aliphatic heterocycles. The smallest absolute Gasteiger partial charge is 0.251 e. The molecule has 0 aliphatic carbocycles. The van der Waals surface area contributed by atoms with Crippen LogP contribution in [0.4, 0.5) is 5.69 Å². The fourth-order valence-corrected chi connectivity index (χ4v) is 4.77. The van der Waals surface area contributed by atoms with Crippen molar-refractivity contribution in [3.05, 3.63) is 89.0 Å². The Kier molecular flexibility index (Phi) is 6.79. The van der Waals surface area contributed by atoms with Gasteiger partial charge in [-0.15, -0.1) is 0 Å². The Morgan fingerprint density at radius 1 is 1.00 bits per heavy atom. The first kappa shape index (κ1) is 23.6. The van der Waals surface area contributed by atoms with Crippen LogP contribution >= 0.6 is 0 Å². The molecule has 1 aliphatic rings. The predicted molar refractivity (Wildman–Crippen MR) is 132 cm³/mol. The van der Waals surface area contributed by atoms with Crippen LogP contribution < -0.4 is 19.1 Å². The van der Waals surface area contributed by atoms with Gasteiger partial charge in [-0.05, 0) is 66.9 Å². The van der Waals surface area contributed by atoms with Gasteiger partial charge in [0, 0.05) is 5.56 Å². The maximum absolute atomic E-state index is 12.6. The predicted octanol–water partition coefficient (Wildman–Crippen LogP) is 3.84. The Balaban J connectivity index is 1.39. The van der Waals surface area contributed by atoms with Gasteiger partial charge < -0.3 is 14.8 Å². The normalized spacial score (nSPS) is 15.0. The van der Waals surface area contributed by atoms with E-state index in [1.54, 1.807) is 24.3 Å². The van der Waals surface area contributed by atoms with Crippen molar-refractivity contribution in [2.24, 2.45) is 0 Å². The van der Waals surface area contributed by atoms with Crippen molar-refractivity contribution in [2.45, 2.75) is 26.5 Å². The number of benzene rings is 3. The first-order chi connectivity index (χ1) is 16.2. The summed E-state index contributed by atoms with van der Waals surface area (Å²) in [4.78, 5) is 12.6. The average Bonchev–Trinajstić information content (AvgIpc) is 2.80. The number of anilines is 1. The van der Waals surface area contributed by atoms with Gasteiger partial charge in [0.05, 0.1) is 25.0 Å². The molecule has 0 saturated carbocycles. The highest BCUT2D eigenvalue weighted by atomic mass is 32.2. The number of sulfonamides is 1. The summed E-state index contributed by atoms with van der Waals surface area (Å²) >= 11 is 0. The number of rotatable bonds is 7. The second-order valence-corrected chi connectivity index (χ2v) is 10.4. The SMILES string of the molecule is Cc1cc(C)cc(N(Cc2ccc(C(=O)NC[C@@H]3COc4ccccc4O3)cc2)S(C)(=O)=O)c1. The maximum atomic E-state index is 12.6. The van der Waals surface area contributed by atoms with Crippen LogP contribution in [0.5, 0.6) is 11.5 Å². The first-order valence-electron chi connectivity index (χ1n) is 11.0. The standard InChI is InChI=1S/C26H28N2O5S/c1-18-12-19(2)14-22(13-18)28(34(3,30)31)16-20-8-10-21(11-9-20)26(29)27-15-23-17-32-24-6-4-5-7-25(24)33-23/h4-14,23H,15-17H2,1-3H3,(H,27,29)/t23-/m1/s1. The molecule has 1 atom stereocenters. The second-order valence-electron chi connectivity index (χ2n) is 8.52. The Morgan fingerprint density at radius 2 is 1.65 bits per heavy atom. The van der Waals surface area contributed by atoms with E-state index in [1.807, 2.05) is 56.3 Å². The van der Waals surface area contributed by atoms with Crippen molar-refractivity contribution >= 4 is 21.6 Å². The molecule has 0 bridgehead atoms. The van der Waals surface area contributed by atoms with Crippen LogP contribution in [0.3, 0.4) is 0 Å². The van der Waals surface area contributed by atoms with Crippen LogP contribution in [0, 0.1) is 13.8 Å². The molecular formula is C26H28N2O5S. The van der Waals surface area contributed by atoms with Crippen LogP contribution in [0.25, 0.3) is 0 Å². The molecule has 3 aromatic carbocycles. The Morgan fingerprint density at radius 3 is 2.29 bits per heavy atom. The minimum absolute atomic E-state index is 0.177. The molecule has 1 N–H and O–H groups in total. The molecule has 1 amide bonds. The quantitative estimate of drug-likeness (QED) is 0.555. The lowest BCUT2D eigenvalue weighted by Crippen LogP contribution is -2.40. The number of ether oxygens (including phenoxy) is 2. The molecule has 0 radical (unpaired) electrons. The van der Waals surface area contributed by atoms with E-state index in [1.165, 1.54) is 10.6 Å². The molecular weight excluding hydrogens is 452 g/mol. The van der Waals surface area contributed by atoms with E-state index in [2.05, 4.69) is 5.32 Å². The molecule has 34 heavy (non-hydrogen) atoms. The fraction of sp³-hybridized carbons (Fsp3) is 0.269. The largest absolute Gasteiger partial charge is 0.486 e. The number of amides is 1. The molecule has 0 saturated heterocycles. The summed E-state index contributed by atoms with van der Waals surface area (Å²) in [6, 6.07) is 20.1. The maximum Gasteiger partial charge on any atom is 0.251 e. The first-order valence-corrected chi connectivity index (χ1v) is 12.9. The van der Waals surface area contributed by atoms with Crippen molar-refractivity contribution in [1.29, 1.82) is 0 Å². The number of carbonyl (C=O) groups is 1. The molecule has 0 aromatic heterocycles. The zero-order chi connectivity index (χ0) is 24.3. The Hall–Kier alpha value is -3.52. The van der Waals surface area contributed by atoms with Gasteiger partial charge in [0.2, 0.25) is 10.0 Å². The highest BCUT2D eigenvalue weighted by Crippen LogP contribution is 2.30. The molecule has 7 nitrogen and oxygen atoms in total. The van der Waals surface area contributed by atoms with E-state index >= 15 is 0 Å². The third-order valence-electron chi connectivity index (χ3n) is 5.49. The van der Waals surface area contributed by atoms with Crippen molar-refractivity contribution in [1.82, 2.24) is 5.32 Å². The zero-order valence-corrected chi connectivity index (χ0v) is 20.3. The van der Waals surface area contributed by atoms with Gasteiger partial charge in [0.15, 0.2) is 11.5 Å². The van der Waals surface area contributed by atoms with Gasteiger partial charge in [0.1, 0.15) is 12.7 Å². The summed E-state index contributed by atoms with van der Waals surface area (Å²) in [5, 5.41) is 2.87. The van der Waals surface area contributed by atoms with Crippen LogP contribution in [0.1, 0.15) is 27.0 Å². The summed E-state index contributed by atoms with van der Waals surface area (Å²) < 4.78 is 37.9. The minimum atomic E-state index is -3.49. The molecule has 8 heteroatoms. The van der Waals surface area contributed by atoms with Gasteiger partial charge in [-0.1, -0.05) is 30.3 Å². The van der Waals surface area contributed by atoms with Crippen molar-refractivity contribution in [3.8, 4) is 11.5 Å². The van der Waals surface area contributed by atoms with E-state index in [-0.39, 0.29) is 18.6 Å². The number of aryl methyl sites for hydroxylation is 2. The van der Waals surface area contributed by atoms with Crippen molar-refractivity contribution < 1.29 is 22.7 Å². The summed E-state index contributed by atoms with van der Waals surface area (Å²) in [6.45, 7) is 4.72. The monoisotopic (exact) mass is 480 g/mol. The highest BCUT2D eigenvalue weighted by molar-refractivity contribution is 7.92. The molecule has 0 spiro atoms. The third kappa shape index (κ3) is 5.69. The topological polar surface area (TPSA) is 84.9 Å².